The molecule has 2 amide bonds. The summed E-state index contributed by atoms with van der Waals surface area (Å²) in [5, 5.41) is 3.52. The first kappa shape index (κ1) is 22.8. The first-order valence-corrected chi connectivity index (χ1v) is 9.19. The number of aliphatic imine (C=N–C) groups is 1. The van der Waals surface area contributed by atoms with Crippen LogP contribution in [0.15, 0.2) is 4.99 Å². The molecule has 9 heteroatoms. The van der Waals surface area contributed by atoms with E-state index in [1.165, 1.54) is 12.8 Å². The maximum Gasteiger partial charge on any atom is 0.409 e. The number of carbonyl (C=O) groups excluding carboxylic acids is 2. The quantitative estimate of drug-likeness (QED) is 0.373. The van der Waals surface area contributed by atoms with Crippen LogP contribution in [-0.4, -0.2) is 92.1 Å². The van der Waals surface area contributed by atoms with Crippen LogP contribution >= 0.6 is 24.0 Å². The van der Waals surface area contributed by atoms with E-state index in [-0.39, 0.29) is 42.5 Å². The molecule has 2 fully saturated rings. The number of rotatable bonds is 4. The molecule has 0 radical (unpaired) electrons. The van der Waals surface area contributed by atoms with Gasteiger partial charge in [0.05, 0.1) is 6.61 Å². The molecular formula is C17H32IN5O3. The average molecular weight is 481 g/mol. The number of carbonyl (C=O) groups is 2. The lowest BCUT2D eigenvalue weighted by molar-refractivity contribution is -0.127. The largest absolute Gasteiger partial charge is 0.450 e. The van der Waals surface area contributed by atoms with E-state index in [1.807, 2.05) is 6.92 Å². The maximum atomic E-state index is 11.9. The number of piperazine rings is 1. The predicted octanol–water partition coefficient (Wildman–Crippen LogP) is 1.35. The SMILES string of the molecule is CCOC(=O)N1CCN(C(=NCC(=O)N(C)C)NC2CCCC2)CC1.I. The van der Waals surface area contributed by atoms with Gasteiger partial charge in [-0.1, -0.05) is 12.8 Å². The van der Waals surface area contributed by atoms with E-state index < -0.39 is 0 Å². The van der Waals surface area contributed by atoms with Gasteiger partial charge in [-0.25, -0.2) is 9.79 Å². The third kappa shape index (κ3) is 6.81. The molecule has 1 aliphatic heterocycles. The molecule has 1 saturated heterocycles. The Morgan fingerprint density at radius 3 is 2.23 bits per heavy atom. The third-order valence-electron chi connectivity index (χ3n) is 4.66. The fourth-order valence-corrected chi connectivity index (χ4v) is 3.09. The Hall–Kier alpha value is -1.26. The summed E-state index contributed by atoms with van der Waals surface area (Å²) in [6.07, 6.45) is 4.50. The van der Waals surface area contributed by atoms with Gasteiger partial charge in [-0.15, -0.1) is 24.0 Å². The molecule has 0 aromatic carbocycles. The van der Waals surface area contributed by atoms with E-state index in [9.17, 15) is 9.59 Å². The summed E-state index contributed by atoms with van der Waals surface area (Å²) in [5.74, 6) is 0.765. The normalized spacial score (nSPS) is 18.3. The van der Waals surface area contributed by atoms with Crippen LogP contribution in [0.25, 0.3) is 0 Å². The van der Waals surface area contributed by atoms with Gasteiger partial charge in [0.1, 0.15) is 6.54 Å². The van der Waals surface area contributed by atoms with E-state index in [4.69, 9.17) is 4.74 Å². The molecule has 2 rings (SSSR count). The van der Waals surface area contributed by atoms with Crippen molar-refractivity contribution < 1.29 is 14.3 Å². The van der Waals surface area contributed by atoms with Crippen molar-refractivity contribution in [2.45, 2.75) is 38.6 Å². The minimum atomic E-state index is -0.257. The van der Waals surface area contributed by atoms with Gasteiger partial charge in [0.15, 0.2) is 5.96 Å². The van der Waals surface area contributed by atoms with Crippen molar-refractivity contribution in [3.8, 4) is 0 Å². The van der Waals surface area contributed by atoms with E-state index in [0.717, 1.165) is 18.8 Å². The van der Waals surface area contributed by atoms with E-state index >= 15 is 0 Å². The van der Waals surface area contributed by atoms with Crippen molar-refractivity contribution in [1.29, 1.82) is 0 Å². The van der Waals surface area contributed by atoms with Crippen molar-refractivity contribution in [2.75, 3.05) is 53.4 Å². The Morgan fingerprint density at radius 2 is 1.69 bits per heavy atom. The number of nitrogens with one attached hydrogen (secondary N) is 1. The summed E-state index contributed by atoms with van der Waals surface area (Å²) in [6.45, 7) is 4.92. The zero-order chi connectivity index (χ0) is 18.2. The van der Waals surface area contributed by atoms with Crippen LogP contribution in [0.4, 0.5) is 4.79 Å². The van der Waals surface area contributed by atoms with Crippen LogP contribution < -0.4 is 5.32 Å². The highest BCUT2D eigenvalue weighted by Gasteiger charge is 2.26. The van der Waals surface area contributed by atoms with Crippen molar-refractivity contribution >= 4 is 41.9 Å². The number of amides is 2. The number of ether oxygens (including phenoxy) is 1. The summed E-state index contributed by atoms with van der Waals surface area (Å²) < 4.78 is 5.06. The van der Waals surface area contributed by atoms with Crippen LogP contribution in [0.3, 0.4) is 0 Å². The van der Waals surface area contributed by atoms with E-state index in [2.05, 4.69) is 15.2 Å². The highest BCUT2D eigenvalue weighted by atomic mass is 127. The van der Waals surface area contributed by atoms with Crippen molar-refractivity contribution in [3.05, 3.63) is 0 Å². The van der Waals surface area contributed by atoms with Gasteiger partial charge in [0.2, 0.25) is 5.91 Å². The highest BCUT2D eigenvalue weighted by molar-refractivity contribution is 14.0. The van der Waals surface area contributed by atoms with Gasteiger partial charge in [-0.05, 0) is 19.8 Å². The van der Waals surface area contributed by atoms with Gasteiger partial charge in [-0.3, -0.25) is 4.79 Å². The molecule has 0 unspecified atom stereocenters. The molecule has 150 valence electrons. The lowest BCUT2D eigenvalue weighted by Crippen LogP contribution is -2.55. The third-order valence-corrected chi connectivity index (χ3v) is 4.66. The van der Waals surface area contributed by atoms with Gasteiger partial charge in [0, 0.05) is 46.3 Å². The number of guanidine groups is 1. The Morgan fingerprint density at radius 1 is 1.12 bits per heavy atom. The zero-order valence-corrected chi connectivity index (χ0v) is 18.4. The van der Waals surface area contributed by atoms with E-state index in [1.54, 1.807) is 23.9 Å². The molecular weight excluding hydrogens is 449 g/mol. The van der Waals surface area contributed by atoms with Crippen LogP contribution in [0.5, 0.6) is 0 Å². The molecule has 0 aromatic heterocycles. The fourth-order valence-electron chi connectivity index (χ4n) is 3.09. The molecule has 0 aromatic rings. The number of hydrogen-bond acceptors (Lipinski definition) is 4. The van der Waals surface area contributed by atoms with E-state index in [0.29, 0.717) is 38.8 Å². The highest BCUT2D eigenvalue weighted by Crippen LogP contribution is 2.18. The molecule has 1 aliphatic carbocycles. The number of halogens is 1. The van der Waals surface area contributed by atoms with Crippen LogP contribution in [0.1, 0.15) is 32.6 Å². The van der Waals surface area contributed by atoms with Gasteiger partial charge in [-0.2, -0.15) is 0 Å². The minimum Gasteiger partial charge on any atom is -0.450 e. The van der Waals surface area contributed by atoms with Crippen LogP contribution in [0.2, 0.25) is 0 Å². The molecule has 1 heterocycles. The number of likely N-dealkylation sites (N-methyl/N-ethyl adjacent to an activating group) is 1. The lowest BCUT2D eigenvalue weighted by Gasteiger charge is -2.36. The predicted molar refractivity (Wildman–Crippen MR) is 112 cm³/mol. The van der Waals surface area contributed by atoms with Crippen molar-refractivity contribution in [3.63, 3.8) is 0 Å². The lowest BCUT2D eigenvalue weighted by atomic mass is 10.2. The summed E-state index contributed by atoms with van der Waals surface area (Å²) in [6, 6.07) is 0.427. The minimum absolute atomic E-state index is 0. The summed E-state index contributed by atoms with van der Waals surface area (Å²) in [7, 11) is 3.47. The second-order valence-corrected chi connectivity index (χ2v) is 6.73. The molecule has 0 bridgehead atoms. The monoisotopic (exact) mass is 481 g/mol. The number of hydrogen-bond donors (Lipinski definition) is 1. The topological polar surface area (TPSA) is 77.5 Å². The fraction of sp³-hybridized carbons (Fsp3) is 0.824. The second kappa shape index (κ2) is 11.5. The Balaban J connectivity index is 0.00000338. The standard InChI is InChI=1S/C17H31N5O3.HI/c1-4-25-17(24)22-11-9-21(10-12-22)16(18-13-15(23)20(2)3)19-14-7-5-6-8-14;/h14H,4-13H2,1-3H3,(H,18,19);1H. The summed E-state index contributed by atoms with van der Waals surface area (Å²) in [4.78, 5) is 33.7. The Labute approximate surface area is 173 Å². The molecule has 26 heavy (non-hydrogen) atoms. The molecule has 1 N–H and O–H groups in total. The maximum absolute atomic E-state index is 11.9. The second-order valence-electron chi connectivity index (χ2n) is 6.73. The van der Waals surface area contributed by atoms with Gasteiger partial charge in [0.25, 0.3) is 0 Å². The molecule has 1 saturated carbocycles. The van der Waals surface area contributed by atoms with Crippen molar-refractivity contribution in [2.24, 2.45) is 4.99 Å². The Kier molecular flexibility index (Phi) is 10.0. The van der Waals surface area contributed by atoms with Crippen molar-refractivity contribution in [1.82, 2.24) is 20.0 Å². The van der Waals surface area contributed by atoms with Crippen LogP contribution in [0, 0.1) is 0 Å². The smallest absolute Gasteiger partial charge is 0.409 e. The Bertz CT molecular complexity index is 487. The average Bonchev–Trinajstić information content (AvgIpc) is 3.11. The molecule has 2 aliphatic rings. The molecule has 8 nitrogen and oxygen atoms in total. The van der Waals surface area contributed by atoms with Gasteiger partial charge < -0.3 is 24.8 Å². The summed E-state index contributed by atoms with van der Waals surface area (Å²) in [5.41, 5.74) is 0. The first-order valence-electron chi connectivity index (χ1n) is 9.19. The molecule has 0 spiro atoms. The molecule has 0 atom stereocenters. The van der Waals surface area contributed by atoms with Gasteiger partial charge >= 0.3 is 6.09 Å². The zero-order valence-electron chi connectivity index (χ0n) is 16.1. The van der Waals surface area contributed by atoms with Crippen LogP contribution in [-0.2, 0) is 9.53 Å². The number of nitrogens with zero attached hydrogens (tertiary/aromatic N) is 4. The summed E-state index contributed by atoms with van der Waals surface area (Å²) >= 11 is 0. The first-order chi connectivity index (χ1) is 12.0.